The second kappa shape index (κ2) is 5.85. The van der Waals surface area contributed by atoms with Gasteiger partial charge in [0.2, 0.25) is 0 Å². The quantitative estimate of drug-likeness (QED) is 0.898. The fourth-order valence-electron chi connectivity index (χ4n) is 3.78. The van der Waals surface area contributed by atoms with Crippen molar-refractivity contribution in [3.8, 4) is 0 Å². The highest BCUT2D eigenvalue weighted by Gasteiger charge is 2.36. The Morgan fingerprint density at radius 3 is 2.62 bits per heavy atom. The van der Waals surface area contributed by atoms with E-state index in [1.54, 1.807) is 18.2 Å². The fourth-order valence-corrected chi connectivity index (χ4v) is 3.95. The van der Waals surface area contributed by atoms with Crippen LogP contribution in [0.1, 0.15) is 42.5 Å². The highest BCUT2D eigenvalue weighted by Crippen LogP contribution is 2.34. The van der Waals surface area contributed by atoms with Gasteiger partial charge in [0, 0.05) is 23.1 Å². The van der Waals surface area contributed by atoms with E-state index in [1.165, 1.54) is 19.3 Å². The molecule has 0 aromatic heterocycles. The summed E-state index contributed by atoms with van der Waals surface area (Å²) in [7, 11) is 2.22. The van der Waals surface area contributed by atoms with Crippen molar-refractivity contribution in [1.29, 1.82) is 0 Å². The smallest absolute Gasteiger partial charge is 0.337 e. The molecule has 5 heteroatoms. The SMILES string of the molecule is CN1C2CCCC1CC(Nc1cc(Cl)ccc1C(=O)O)C2. The molecule has 2 saturated heterocycles. The molecule has 2 fully saturated rings. The second-order valence-electron chi connectivity index (χ2n) is 6.21. The molecule has 114 valence electrons. The summed E-state index contributed by atoms with van der Waals surface area (Å²) in [4.78, 5) is 13.8. The van der Waals surface area contributed by atoms with Crippen molar-refractivity contribution in [3.63, 3.8) is 0 Å². The summed E-state index contributed by atoms with van der Waals surface area (Å²) in [5, 5.41) is 13.3. The van der Waals surface area contributed by atoms with Gasteiger partial charge in [-0.3, -0.25) is 0 Å². The van der Waals surface area contributed by atoms with E-state index < -0.39 is 5.97 Å². The van der Waals surface area contributed by atoms with E-state index in [-0.39, 0.29) is 0 Å². The number of nitrogens with zero attached hydrogens (tertiary/aromatic N) is 1. The summed E-state index contributed by atoms with van der Waals surface area (Å²) >= 11 is 6.02. The van der Waals surface area contributed by atoms with Gasteiger partial charge < -0.3 is 15.3 Å². The number of rotatable bonds is 3. The molecule has 2 unspecified atom stereocenters. The molecule has 0 spiro atoms. The molecule has 2 heterocycles. The molecule has 2 atom stereocenters. The van der Waals surface area contributed by atoms with Crippen LogP contribution in [0.25, 0.3) is 0 Å². The number of aromatic carboxylic acids is 1. The van der Waals surface area contributed by atoms with Crippen molar-refractivity contribution in [2.45, 2.75) is 50.2 Å². The first kappa shape index (κ1) is 14.7. The van der Waals surface area contributed by atoms with E-state index in [0.717, 1.165) is 12.8 Å². The van der Waals surface area contributed by atoms with Crippen LogP contribution in [0.3, 0.4) is 0 Å². The lowest BCUT2D eigenvalue weighted by Crippen LogP contribution is -2.52. The third-order valence-corrected chi connectivity index (χ3v) is 5.15. The minimum atomic E-state index is -0.915. The zero-order valence-corrected chi connectivity index (χ0v) is 12.9. The minimum Gasteiger partial charge on any atom is -0.478 e. The predicted molar refractivity (Wildman–Crippen MR) is 84.2 cm³/mol. The first-order valence-corrected chi connectivity index (χ1v) is 7.93. The Bertz CT molecular complexity index is 535. The van der Waals surface area contributed by atoms with Gasteiger partial charge in [-0.1, -0.05) is 18.0 Å². The molecule has 2 aliphatic rings. The van der Waals surface area contributed by atoms with E-state index in [0.29, 0.717) is 34.4 Å². The van der Waals surface area contributed by atoms with Crippen LogP contribution in [0.15, 0.2) is 18.2 Å². The van der Waals surface area contributed by atoms with Gasteiger partial charge in [0.15, 0.2) is 0 Å². The van der Waals surface area contributed by atoms with E-state index in [2.05, 4.69) is 17.3 Å². The number of hydrogen-bond donors (Lipinski definition) is 2. The Labute approximate surface area is 130 Å². The van der Waals surface area contributed by atoms with Crippen LogP contribution in [0, 0.1) is 0 Å². The lowest BCUT2D eigenvalue weighted by Gasteiger charge is -2.47. The van der Waals surface area contributed by atoms with Crippen molar-refractivity contribution >= 4 is 23.3 Å². The largest absolute Gasteiger partial charge is 0.478 e. The summed E-state index contributed by atoms with van der Waals surface area (Å²) in [6.45, 7) is 0. The van der Waals surface area contributed by atoms with Crippen LogP contribution < -0.4 is 5.32 Å². The Balaban J connectivity index is 1.78. The van der Waals surface area contributed by atoms with E-state index in [9.17, 15) is 9.90 Å². The Morgan fingerprint density at radius 2 is 2.00 bits per heavy atom. The maximum absolute atomic E-state index is 11.3. The van der Waals surface area contributed by atoms with E-state index in [1.807, 2.05) is 0 Å². The zero-order valence-electron chi connectivity index (χ0n) is 12.2. The molecule has 0 saturated carbocycles. The van der Waals surface area contributed by atoms with Gasteiger partial charge in [0.1, 0.15) is 0 Å². The molecule has 2 N–H and O–H groups in total. The van der Waals surface area contributed by atoms with Gasteiger partial charge in [0.05, 0.1) is 11.3 Å². The molecule has 2 aliphatic heterocycles. The van der Waals surface area contributed by atoms with E-state index in [4.69, 9.17) is 11.6 Å². The summed E-state index contributed by atoms with van der Waals surface area (Å²) in [5.41, 5.74) is 0.936. The summed E-state index contributed by atoms with van der Waals surface area (Å²) in [6.07, 6.45) is 5.93. The van der Waals surface area contributed by atoms with Crippen LogP contribution in [0.2, 0.25) is 5.02 Å². The number of benzene rings is 1. The average Bonchev–Trinajstić information content (AvgIpc) is 2.39. The number of piperidine rings is 2. The Hall–Kier alpha value is -1.26. The minimum absolute atomic E-state index is 0.295. The molecule has 21 heavy (non-hydrogen) atoms. The van der Waals surface area contributed by atoms with Gasteiger partial charge in [-0.05, 0) is 50.9 Å². The van der Waals surface area contributed by atoms with Crippen LogP contribution in [0.4, 0.5) is 5.69 Å². The predicted octanol–water partition coefficient (Wildman–Crippen LogP) is 3.47. The third kappa shape index (κ3) is 3.01. The Kier molecular flexibility index (Phi) is 4.09. The van der Waals surface area contributed by atoms with Crippen molar-refractivity contribution in [2.24, 2.45) is 0 Å². The van der Waals surface area contributed by atoms with Gasteiger partial charge in [0.25, 0.3) is 0 Å². The van der Waals surface area contributed by atoms with Gasteiger partial charge in [-0.15, -0.1) is 0 Å². The van der Waals surface area contributed by atoms with Gasteiger partial charge >= 0.3 is 5.97 Å². The monoisotopic (exact) mass is 308 g/mol. The van der Waals surface area contributed by atoms with Crippen molar-refractivity contribution in [3.05, 3.63) is 28.8 Å². The van der Waals surface area contributed by atoms with Crippen LogP contribution >= 0.6 is 11.6 Å². The van der Waals surface area contributed by atoms with Gasteiger partial charge in [-0.25, -0.2) is 4.79 Å². The number of anilines is 1. The van der Waals surface area contributed by atoms with Crippen LogP contribution in [-0.4, -0.2) is 41.1 Å². The maximum atomic E-state index is 11.3. The molecule has 0 radical (unpaired) electrons. The van der Waals surface area contributed by atoms with Crippen molar-refractivity contribution in [1.82, 2.24) is 4.90 Å². The lowest BCUT2D eigenvalue weighted by atomic mass is 9.82. The lowest BCUT2D eigenvalue weighted by molar-refractivity contribution is 0.0607. The second-order valence-corrected chi connectivity index (χ2v) is 6.65. The average molecular weight is 309 g/mol. The number of hydrogen-bond acceptors (Lipinski definition) is 3. The topological polar surface area (TPSA) is 52.6 Å². The number of carbonyl (C=O) groups is 1. The molecule has 0 aliphatic carbocycles. The summed E-state index contributed by atoms with van der Waals surface area (Å²) in [6, 6.07) is 6.47. The normalized spacial score (nSPS) is 29.1. The fraction of sp³-hybridized carbons (Fsp3) is 0.562. The molecule has 4 nitrogen and oxygen atoms in total. The van der Waals surface area contributed by atoms with Crippen LogP contribution in [-0.2, 0) is 0 Å². The molecule has 1 aromatic rings. The summed E-state index contributed by atoms with van der Waals surface area (Å²) in [5.74, 6) is -0.915. The van der Waals surface area contributed by atoms with Crippen molar-refractivity contribution in [2.75, 3.05) is 12.4 Å². The van der Waals surface area contributed by atoms with Crippen molar-refractivity contribution < 1.29 is 9.90 Å². The van der Waals surface area contributed by atoms with Gasteiger partial charge in [-0.2, -0.15) is 0 Å². The zero-order chi connectivity index (χ0) is 15.0. The molecule has 3 rings (SSSR count). The molecule has 1 aromatic carbocycles. The maximum Gasteiger partial charge on any atom is 0.337 e. The first-order chi connectivity index (χ1) is 10.0. The van der Waals surface area contributed by atoms with E-state index >= 15 is 0 Å². The summed E-state index contributed by atoms with van der Waals surface area (Å²) < 4.78 is 0. The highest BCUT2D eigenvalue weighted by atomic mass is 35.5. The third-order valence-electron chi connectivity index (χ3n) is 4.91. The Morgan fingerprint density at radius 1 is 1.33 bits per heavy atom. The molecule has 0 amide bonds. The molecular weight excluding hydrogens is 288 g/mol. The number of carboxylic acids is 1. The standard InChI is InChI=1S/C16H21ClN2O2/c1-19-12-3-2-4-13(19)9-11(8-12)18-15-7-10(17)5-6-14(15)16(20)21/h5-7,11-13,18H,2-4,8-9H2,1H3,(H,20,21). The van der Waals surface area contributed by atoms with Crippen LogP contribution in [0.5, 0.6) is 0 Å². The molecular formula is C16H21ClN2O2. The number of nitrogens with one attached hydrogen (secondary N) is 1. The highest BCUT2D eigenvalue weighted by molar-refractivity contribution is 6.31. The first-order valence-electron chi connectivity index (χ1n) is 7.56. The molecule has 2 bridgehead atoms. The number of halogens is 1. The number of fused-ring (bicyclic) bond motifs is 2. The number of carboxylic acid groups (broad SMARTS) is 1.